The summed E-state index contributed by atoms with van der Waals surface area (Å²) in [6.07, 6.45) is -5.23. The molecule has 6 atom stereocenters. The minimum Gasteiger partial charge on any atom is -0.445 e. The van der Waals surface area contributed by atoms with E-state index < -0.39 is 53.4 Å². The van der Waals surface area contributed by atoms with Gasteiger partial charge in [0, 0.05) is 5.56 Å². The van der Waals surface area contributed by atoms with Gasteiger partial charge in [-0.2, -0.15) is 0 Å². The van der Waals surface area contributed by atoms with E-state index in [4.69, 9.17) is 58.5 Å². The van der Waals surface area contributed by atoms with Crippen molar-refractivity contribution in [2.24, 2.45) is 0 Å². The van der Waals surface area contributed by atoms with Crippen molar-refractivity contribution in [3.63, 3.8) is 0 Å². The smallest absolute Gasteiger partial charge is 0.407 e. The van der Waals surface area contributed by atoms with Crippen LogP contribution in [0.1, 0.15) is 17.4 Å². The molecule has 2 aromatic rings. The van der Waals surface area contributed by atoms with E-state index in [0.29, 0.717) is 0 Å². The van der Waals surface area contributed by atoms with Gasteiger partial charge in [-0.25, -0.2) is 4.79 Å². The SMILES string of the molecule is O=C(N[C@H]1[C@H](OCc2ccccc2)O[C@@H]2CO[C@@H](c3ccccc3)O[C@@H]2[C@@H]1O)OCC(Cl)(Cl)Cl. The van der Waals surface area contributed by atoms with Gasteiger partial charge in [-0.3, -0.25) is 0 Å². The minimum atomic E-state index is -1.78. The standard InChI is InChI=1S/C23H24Cl3NO7/c24-23(25,26)13-32-22(29)27-17-18(28)19-16(12-31-20(34-19)15-9-5-2-6-10-15)33-21(17)30-11-14-7-3-1-4-8-14/h1-10,16-21,28H,11-13H2,(H,27,29)/t16-,17-,18-,19+,20-,21-/m1/s1. The predicted octanol–water partition coefficient (Wildman–Crippen LogP) is 3.87. The number of fused-ring (bicyclic) bond motifs is 1. The van der Waals surface area contributed by atoms with Crippen LogP contribution < -0.4 is 5.32 Å². The first kappa shape index (κ1) is 25.5. The number of benzene rings is 2. The highest BCUT2D eigenvalue weighted by Gasteiger charge is 2.50. The Hall–Kier alpha value is -1.62. The largest absolute Gasteiger partial charge is 0.445 e. The molecule has 2 aromatic carbocycles. The summed E-state index contributed by atoms with van der Waals surface area (Å²) in [5, 5.41) is 13.7. The van der Waals surface area contributed by atoms with Crippen molar-refractivity contribution in [3.8, 4) is 0 Å². The van der Waals surface area contributed by atoms with E-state index in [2.05, 4.69) is 5.32 Å². The fourth-order valence-corrected chi connectivity index (χ4v) is 3.91. The van der Waals surface area contributed by atoms with Gasteiger partial charge in [0.2, 0.25) is 3.79 Å². The molecule has 0 unspecified atom stereocenters. The molecule has 1 amide bonds. The van der Waals surface area contributed by atoms with Crippen LogP contribution in [-0.2, 0) is 30.3 Å². The van der Waals surface area contributed by atoms with Crippen molar-refractivity contribution < 1.29 is 33.6 Å². The van der Waals surface area contributed by atoms with Crippen molar-refractivity contribution >= 4 is 40.9 Å². The molecule has 0 aliphatic carbocycles. The van der Waals surface area contributed by atoms with Gasteiger partial charge in [0.25, 0.3) is 0 Å². The van der Waals surface area contributed by atoms with Crippen molar-refractivity contribution in [2.75, 3.05) is 13.2 Å². The van der Waals surface area contributed by atoms with E-state index in [0.717, 1.165) is 11.1 Å². The Morgan fingerprint density at radius 3 is 2.41 bits per heavy atom. The third-order valence-corrected chi connectivity index (χ3v) is 5.67. The molecule has 2 N–H and O–H groups in total. The molecule has 2 heterocycles. The second-order valence-electron chi connectivity index (χ2n) is 7.87. The number of carbonyl (C=O) groups excluding carboxylic acids is 1. The number of aliphatic hydroxyl groups is 1. The Morgan fingerprint density at radius 2 is 1.74 bits per heavy atom. The maximum atomic E-state index is 12.4. The fourth-order valence-electron chi connectivity index (χ4n) is 3.75. The Morgan fingerprint density at radius 1 is 1.06 bits per heavy atom. The highest BCUT2D eigenvalue weighted by Crippen LogP contribution is 2.34. The highest BCUT2D eigenvalue weighted by atomic mass is 35.6. The van der Waals surface area contributed by atoms with Gasteiger partial charge in [-0.15, -0.1) is 0 Å². The van der Waals surface area contributed by atoms with Crippen LogP contribution in [0.15, 0.2) is 60.7 Å². The molecule has 2 aliphatic heterocycles. The highest BCUT2D eigenvalue weighted by molar-refractivity contribution is 6.67. The first-order valence-electron chi connectivity index (χ1n) is 10.6. The van der Waals surface area contributed by atoms with Crippen LogP contribution in [0.2, 0.25) is 0 Å². The van der Waals surface area contributed by atoms with Crippen LogP contribution in [0.3, 0.4) is 0 Å². The number of amides is 1. The first-order chi connectivity index (χ1) is 16.3. The summed E-state index contributed by atoms with van der Waals surface area (Å²) in [4.78, 5) is 12.4. The molecule has 2 saturated heterocycles. The topological polar surface area (TPSA) is 95.5 Å². The summed E-state index contributed by atoms with van der Waals surface area (Å²) in [5.41, 5.74) is 1.68. The van der Waals surface area contributed by atoms with Crippen LogP contribution in [-0.4, -0.2) is 58.8 Å². The van der Waals surface area contributed by atoms with E-state index in [1.807, 2.05) is 60.7 Å². The van der Waals surface area contributed by atoms with Crippen molar-refractivity contribution in [2.45, 2.75) is 47.3 Å². The van der Waals surface area contributed by atoms with E-state index >= 15 is 0 Å². The zero-order valence-electron chi connectivity index (χ0n) is 17.9. The van der Waals surface area contributed by atoms with Gasteiger partial charge in [0.1, 0.15) is 31.0 Å². The molecular weight excluding hydrogens is 509 g/mol. The number of hydrogen-bond donors (Lipinski definition) is 2. The summed E-state index contributed by atoms with van der Waals surface area (Å²) in [6, 6.07) is 17.7. The molecule has 0 radical (unpaired) electrons. The zero-order chi connectivity index (χ0) is 24.1. The number of rotatable bonds is 6. The lowest BCUT2D eigenvalue weighted by Crippen LogP contribution is -2.66. The van der Waals surface area contributed by atoms with Crippen LogP contribution in [0.5, 0.6) is 0 Å². The van der Waals surface area contributed by atoms with Gasteiger partial charge in [0.15, 0.2) is 12.6 Å². The molecule has 0 saturated carbocycles. The number of aliphatic hydroxyl groups excluding tert-OH is 1. The Bertz CT molecular complexity index is 931. The molecule has 11 heteroatoms. The average molecular weight is 533 g/mol. The van der Waals surface area contributed by atoms with Crippen LogP contribution in [0.4, 0.5) is 4.79 Å². The maximum Gasteiger partial charge on any atom is 0.407 e. The number of alkyl halides is 3. The Labute approximate surface area is 211 Å². The molecule has 2 fully saturated rings. The summed E-state index contributed by atoms with van der Waals surface area (Å²) in [7, 11) is 0. The van der Waals surface area contributed by atoms with E-state index in [1.165, 1.54) is 0 Å². The summed E-state index contributed by atoms with van der Waals surface area (Å²) >= 11 is 17.0. The molecule has 2 aliphatic rings. The molecule has 0 bridgehead atoms. The molecule has 8 nitrogen and oxygen atoms in total. The van der Waals surface area contributed by atoms with Gasteiger partial charge < -0.3 is 34.1 Å². The lowest BCUT2D eigenvalue weighted by molar-refractivity contribution is -0.345. The average Bonchev–Trinajstić information content (AvgIpc) is 2.84. The maximum absolute atomic E-state index is 12.4. The lowest BCUT2D eigenvalue weighted by Gasteiger charge is -2.47. The number of alkyl carbamates (subject to hydrolysis) is 1. The third-order valence-electron chi connectivity index (χ3n) is 5.35. The number of halogens is 3. The number of carbonyl (C=O) groups is 1. The third kappa shape index (κ3) is 6.74. The minimum absolute atomic E-state index is 0.164. The summed E-state index contributed by atoms with van der Waals surface area (Å²) in [6.45, 7) is -0.128. The van der Waals surface area contributed by atoms with Gasteiger partial charge in [0.05, 0.1) is 13.2 Å². The van der Waals surface area contributed by atoms with Crippen molar-refractivity contribution in [1.29, 1.82) is 0 Å². The van der Waals surface area contributed by atoms with E-state index in [1.54, 1.807) is 0 Å². The monoisotopic (exact) mass is 531 g/mol. The van der Waals surface area contributed by atoms with E-state index in [9.17, 15) is 9.90 Å². The van der Waals surface area contributed by atoms with E-state index in [-0.39, 0.29) is 13.2 Å². The summed E-state index contributed by atoms with van der Waals surface area (Å²) < 4.78 is 27.0. The Kier molecular flexibility index (Phi) is 8.55. The second kappa shape index (κ2) is 11.4. The molecule has 184 valence electrons. The molecular formula is C23H24Cl3NO7. The van der Waals surface area contributed by atoms with Crippen molar-refractivity contribution in [1.82, 2.24) is 5.32 Å². The van der Waals surface area contributed by atoms with Crippen molar-refractivity contribution in [3.05, 3.63) is 71.8 Å². The number of ether oxygens (including phenoxy) is 5. The van der Waals surface area contributed by atoms with Crippen LogP contribution in [0.25, 0.3) is 0 Å². The fraction of sp³-hybridized carbons (Fsp3) is 0.435. The second-order valence-corrected chi connectivity index (χ2v) is 10.4. The zero-order valence-corrected chi connectivity index (χ0v) is 20.2. The van der Waals surface area contributed by atoms with Gasteiger partial charge >= 0.3 is 6.09 Å². The quantitative estimate of drug-likeness (QED) is 0.545. The number of hydrogen-bond acceptors (Lipinski definition) is 7. The molecule has 4 rings (SSSR count). The Balaban J connectivity index is 1.47. The summed E-state index contributed by atoms with van der Waals surface area (Å²) in [5.74, 6) is 0. The first-order valence-corrected chi connectivity index (χ1v) is 11.7. The number of nitrogens with one attached hydrogen (secondary N) is 1. The predicted molar refractivity (Wildman–Crippen MR) is 124 cm³/mol. The van der Waals surface area contributed by atoms with Gasteiger partial charge in [-0.05, 0) is 5.56 Å². The van der Waals surface area contributed by atoms with Crippen LogP contribution in [0, 0.1) is 0 Å². The molecule has 0 aromatic heterocycles. The molecule has 34 heavy (non-hydrogen) atoms. The van der Waals surface area contributed by atoms with Crippen LogP contribution >= 0.6 is 34.8 Å². The molecule has 0 spiro atoms. The normalized spacial score (nSPS) is 29.2. The lowest BCUT2D eigenvalue weighted by atomic mass is 9.96. The van der Waals surface area contributed by atoms with Gasteiger partial charge in [-0.1, -0.05) is 95.5 Å².